The predicted molar refractivity (Wildman–Crippen MR) is 58.6 cm³/mol. The van der Waals surface area contributed by atoms with Crippen LogP contribution in [0.5, 0.6) is 0 Å². The molecule has 0 radical (unpaired) electrons. The molecular formula is C10H14O4P+. The van der Waals surface area contributed by atoms with Crippen molar-refractivity contribution in [3.63, 3.8) is 0 Å². The van der Waals surface area contributed by atoms with Crippen molar-refractivity contribution in [3.05, 3.63) is 34.4 Å². The van der Waals surface area contributed by atoms with Crippen molar-refractivity contribution in [2.75, 3.05) is 0 Å². The Morgan fingerprint density at radius 3 is 1.80 bits per heavy atom. The highest BCUT2D eigenvalue weighted by Gasteiger charge is 2.44. The molecule has 5 heteroatoms. The molecule has 0 aliphatic heterocycles. The van der Waals surface area contributed by atoms with Crippen LogP contribution < -0.4 is 0 Å². The molecule has 0 fully saturated rings. The molecule has 0 amide bonds. The molecule has 0 unspecified atom stereocenters. The second-order valence-electron chi connectivity index (χ2n) is 3.65. The zero-order valence-corrected chi connectivity index (χ0v) is 9.75. The van der Waals surface area contributed by atoms with Crippen LogP contribution in [0.25, 0.3) is 0 Å². The van der Waals surface area contributed by atoms with Gasteiger partial charge in [0.05, 0.1) is 5.56 Å². The van der Waals surface area contributed by atoms with Gasteiger partial charge in [0.15, 0.2) is 0 Å². The summed E-state index contributed by atoms with van der Waals surface area (Å²) in [5.74, 6) is 0. The molecule has 0 atom stereocenters. The van der Waals surface area contributed by atoms with Crippen molar-refractivity contribution in [1.82, 2.24) is 0 Å². The third-order valence-electron chi connectivity index (χ3n) is 2.16. The minimum atomic E-state index is -4.44. The van der Waals surface area contributed by atoms with Gasteiger partial charge >= 0.3 is 13.5 Å². The Kier molecular flexibility index (Phi) is 3.26. The van der Waals surface area contributed by atoms with E-state index in [0.717, 1.165) is 5.56 Å². The second-order valence-corrected chi connectivity index (χ2v) is 5.19. The third kappa shape index (κ3) is 2.61. The Labute approximate surface area is 88.8 Å². The second kappa shape index (κ2) is 3.99. The molecule has 0 saturated heterocycles. The van der Waals surface area contributed by atoms with Crippen LogP contribution >= 0.6 is 7.94 Å². The van der Waals surface area contributed by atoms with E-state index >= 15 is 0 Å². The van der Waals surface area contributed by atoms with Gasteiger partial charge in [-0.3, -0.25) is 0 Å². The highest BCUT2D eigenvalue weighted by Crippen LogP contribution is 2.49. The summed E-state index contributed by atoms with van der Waals surface area (Å²) in [7, 11) is -4.44. The molecule has 4 nitrogen and oxygen atoms in total. The number of hydrogen-bond acceptors (Lipinski definition) is 4. The summed E-state index contributed by atoms with van der Waals surface area (Å²) in [4.78, 5) is 38.3. The molecule has 0 aromatic heterocycles. The Morgan fingerprint density at radius 1 is 1.07 bits per heavy atom. The maximum Gasteiger partial charge on any atom is 0.483 e. The van der Waals surface area contributed by atoms with Gasteiger partial charge in [0.2, 0.25) is 0 Å². The summed E-state index contributed by atoms with van der Waals surface area (Å²) < 4.78 is 0. The average molecular weight is 229 g/mol. The zero-order chi connectivity index (χ0) is 11.8. The van der Waals surface area contributed by atoms with Crippen molar-refractivity contribution < 1.29 is 19.5 Å². The maximum absolute atomic E-state index is 11.5. The Bertz CT molecular complexity index is 383. The highest BCUT2D eigenvalue weighted by molar-refractivity contribution is 7.76. The van der Waals surface area contributed by atoms with E-state index < -0.39 is 13.5 Å². The van der Waals surface area contributed by atoms with Gasteiger partial charge in [0, 0.05) is 0 Å². The summed E-state index contributed by atoms with van der Waals surface area (Å²) >= 11 is 0. The van der Waals surface area contributed by atoms with Crippen molar-refractivity contribution >= 4 is 13.5 Å². The molecule has 3 N–H and O–H groups in total. The number of benzene rings is 1. The van der Waals surface area contributed by atoms with Crippen molar-refractivity contribution in [2.24, 2.45) is 0 Å². The normalized spacial score (nSPS) is 11.6. The Morgan fingerprint density at radius 2 is 1.47 bits per heavy atom. The van der Waals surface area contributed by atoms with E-state index in [1.54, 1.807) is 26.0 Å². The lowest BCUT2D eigenvalue weighted by Gasteiger charge is -2.09. The largest absolute Gasteiger partial charge is 0.483 e. The zero-order valence-electron chi connectivity index (χ0n) is 8.85. The lowest BCUT2D eigenvalue weighted by atomic mass is 10.0. The summed E-state index contributed by atoms with van der Waals surface area (Å²) in [6.45, 7) is 5.28. The molecule has 82 valence electrons. The standard InChI is InChI=1S/C10H14O4P/c1-6-4-7(2)9(8(3)5-6)10(11)15(12,13)14/h4-5,12-14H,1-3H3/q+1. The first-order valence-corrected chi connectivity index (χ1v) is 6.08. The molecule has 1 rings (SSSR count). The Hall–Kier alpha value is -0.800. The van der Waals surface area contributed by atoms with Crippen molar-refractivity contribution in [3.8, 4) is 0 Å². The quantitative estimate of drug-likeness (QED) is 0.671. The smallest absolute Gasteiger partial charge is 0.238 e. The SMILES string of the molecule is Cc1cc(C)c(C(=O)[P+](O)(O)O)c(C)c1. The number of carbonyl (C=O) groups excluding carboxylic acids is 1. The molecule has 1 aromatic rings. The minimum absolute atomic E-state index is 0.196. The predicted octanol–water partition coefficient (Wildman–Crippen LogP) is 1.49. The van der Waals surface area contributed by atoms with Crippen LogP contribution in [-0.4, -0.2) is 20.2 Å². The van der Waals surface area contributed by atoms with E-state index in [1.807, 2.05) is 6.92 Å². The third-order valence-corrected chi connectivity index (χ3v) is 2.93. The molecule has 0 spiro atoms. The number of rotatable bonds is 2. The minimum Gasteiger partial charge on any atom is -0.238 e. The van der Waals surface area contributed by atoms with E-state index in [9.17, 15) is 4.79 Å². The van der Waals surface area contributed by atoms with E-state index in [2.05, 4.69) is 0 Å². The first-order valence-electron chi connectivity index (χ1n) is 4.43. The van der Waals surface area contributed by atoms with Crippen LogP contribution in [0.2, 0.25) is 0 Å². The van der Waals surface area contributed by atoms with Gasteiger partial charge in [-0.2, -0.15) is 14.7 Å². The fourth-order valence-electron chi connectivity index (χ4n) is 1.67. The van der Waals surface area contributed by atoms with Gasteiger partial charge in [-0.15, -0.1) is 0 Å². The van der Waals surface area contributed by atoms with Crippen LogP contribution in [0.15, 0.2) is 12.1 Å². The van der Waals surface area contributed by atoms with Gasteiger partial charge in [0.25, 0.3) is 0 Å². The number of aryl methyl sites for hydroxylation is 3. The maximum atomic E-state index is 11.5. The monoisotopic (exact) mass is 229 g/mol. The van der Waals surface area contributed by atoms with Crippen LogP contribution in [0, 0.1) is 20.8 Å². The van der Waals surface area contributed by atoms with Gasteiger partial charge in [0.1, 0.15) is 0 Å². The van der Waals surface area contributed by atoms with Gasteiger partial charge < -0.3 is 0 Å². The van der Waals surface area contributed by atoms with Gasteiger partial charge in [-0.05, 0) is 31.9 Å². The van der Waals surface area contributed by atoms with Gasteiger partial charge in [-0.1, -0.05) is 17.7 Å². The molecule has 1 aromatic carbocycles. The summed E-state index contributed by atoms with van der Waals surface area (Å²) in [6.07, 6.45) is 0. The van der Waals surface area contributed by atoms with E-state index in [1.165, 1.54) is 0 Å². The summed E-state index contributed by atoms with van der Waals surface area (Å²) in [6, 6.07) is 3.52. The lowest BCUT2D eigenvalue weighted by Crippen LogP contribution is -2.09. The van der Waals surface area contributed by atoms with Crippen molar-refractivity contribution in [1.29, 1.82) is 0 Å². The first kappa shape index (κ1) is 12.3. The van der Waals surface area contributed by atoms with Gasteiger partial charge in [-0.25, -0.2) is 4.79 Å². The lowest BCUT2D eigenvalue weighted by molar-refractivity contribution is 0.102. The van der Waals surface area contributed by atoms with E-state index in [-0.39, 0.29) is 5.56 Å². The van der Waals surface area contributed by atoms with Crippen LogP contribution in [0.1, 0.15) is 27.0 Å². The molecule has 0 bridgehead atoms. The molecule has 0 aliphatic carbocycles. The average Bonchev–Trinajstić information content (AvgIpc) is 1.99. The topological polar surface area (TPSA) is 77.8 Å². The number of carbonyl (C=O) groups is 1. The summed E-state index contributed by atoms with van der Waals surface area (Å²) in [5.41, 5.74) is 1.47. The number of hydrogen-bond donors (Lipinski definition) is 3. The van der Waals surface area contributed by atoms with Crippen LogP contribution in [-0.2, 0) is 0 Å². The molecule has 0 heterocycles. The molecule has 0 saturated carbocycles. The van der Waals surface area contributed by atoms with Crippen LogP contribution in [0.3, 0.4) is 0 Å². The molecule has 15 heavy (non-hydrogen) atoms. The summed E-state index contributed by atoms with van der Waals surface area (Å²) in [5, 5.41) is 0. The fraction of sp³-hybridized carbons (Fsp3) is 0.300. The van der Waals surface area contributed by atoms with E-state index in [4.69, 9.17) is 14.7 Å². The highest BCUT2D eigenvalue weighted by atomic mass is 31.2. The Balaban J connectivity index is 3.33. The van der Waals surface area contributed by atoms with Crippen LogP contribution in [0.4, 0.5) is 0 Å². The molecule has 0 aliphatic rings. The van der Waals surface area contributed by atoms with Crippen molar-refractivity contribution in [2.45, 2.75) is 20.8 Å². The fourth-order valence-corrected chi connectivity index (χ4v) is 2.32. The first-order chi connectivity index (χ1) is 6.73. The van der Waals surface area contributed by atoms with E-state index in [0.29, 0.717) is 11.1 Å². The molecular weight excluding hydrogens is 215 g/mol.